The van der Waals surface area contributed by atoms with Crippen LogP contribution in [-0.4, -0.2) is 25.8 Å². The number of aryl methyl sites for hydroxylation is 1. The summed E-state index contributed by atoms with van der Waals surface area (Å²) in [5, 5.41) is 15.3. The molecule has 5 nitrogen and oxygen atoms in total. The molecular formula is C21H16ClN3O2S. The van der Waals surface area contributed by atoms with Gasteiger partial charge in [-0.25, -0.2) is 4.98 Å². The molecule has 4 aromatic rings. The first-order valence-electron chi connectivity index (χ1n) is 8.57. The first-order valence-corrected chi connectivity index (χ1v) is 9.77. The number of para-hydroxylation sites is 1. The van der Waals surface area contributed by atoms with Gasteiger partial charge in [0.05, 0.1) is 22.3 Å². The summed E-state index contributed by atoms with van der Waals surface area (Å²) in [6, 6.07) is 15.2. The molecule has 0 fully saturated rings. The van der Waals surface area contributed by atoms with E-state index in [9.17, 15) is 9.90 Å². The van der Waals surface area contributed by atoms with Crippen molar-refractivity contribution in [2.24, 2.45) is 7.05 Å². The van der Waals surface area contributed by atoms with Crippen molar-refractivity contribution in [2.45, 2.75) is 6.42 Å². The number of carboxylic acids is 1. The zero-order chi connectivity index (χ0) is 19.7. The highest BCUT2D eigenvalue weighted by Gasteiger charge is 2.15. The van der Waals surface area contributed by atoms with Crippen molar-refractivity contribution in [3.8, 4) is 11.3 Å². The largest absolute Gasteiger partial charge is 0.481 e. The molecule has 0 atom stereocenters. The van der Waals surface area contributed by atoms with Gasteiger partial charge in [-0.15, -0.1) is 11.3 Å². The Morgan fingerprint density at radius 2 is 1.96 bits per heavy atom. The van der Waals surface area contributed by atoms with Gasteiger partial charge in [0.25, 0.3) is 0 Å². The van der Waals surface area contributed by atoms with Crippen molar-refractivity contribution >= 4 is 50.8 Å². The fourth-order valence-corrected chi connectivity index (χ4v) is 4.10. The molecule has 7 heteroatoms. The summed E-state index contributed by atoms with van der Waals surface area (Å²) < 4.78 is 2.74. The summed E-state index contributed by atoms with van der Waals surface area (Å²) in [5.41, 5.74) is 4.03. The number of nitrogens with zero attached hydrogens (tertiary/aromatic N) is 3. The van der Waals surface area contributed by atoms with Crippen LogP contribution < -0.4 is 0 Å². The highest BCUT2D eigenvalue weighted by Crippen LogP contribution is 2.32. The Bertz CT molecular complexity index is 1160. The predicted molar refractivity (Wildman–Crippen MR) is 113 cm³/mol. The van der Waals surface area contributed by atoms with Gasteiger partial charge in [-0.2, -0.15) is 5.10 Å². The highest BCUT2D eigenvalue weighted by atomic mass is 35.5. The molecule has 0 saturated heterocycles. The molecule has 140 valence electrons. The van der Waals surface area contributed by atoms with Gasteiger partial charge in [0.1, 0.15) is 5.01 Å². The zero-order valence-corrected chi connectivity index (χ0v) is 16.5. The fourth-order valence-electron chi connectivity index (χ4n) is 2.99. The van der Waals surface area contributed by atoms with Crippen LogP contribution in [0, 0.1) is 0 Å². The molecule has 0 spiro atoms. The van der Waals surface area contributed by atoms with Crippen LogP contribution in [0.5, 0.6) is 0 Å². The topological polar surface area (TPSA) is 68.0 Å². The van der Waals surface area contributed by atoms with Crippen molar-refractivity contribution < 1.29 is 9.90 Å². The minimum Gasteiger partial charge on any atom is -0.481 e. The third-order valence-corrected chi connectivity index (χ3v) is 5.58. The van der Waals surface area contributed by atoms with Crippen molar-refractivity contribution in [1.29, 1.82) is 0 Å². The van der Waals surface area contributed by atoms with Crippen molar-refractivity contribution in [3.63, 3.8) is 0 Å². The average Bonchev–Trinajstić information content (AvgIpc) is 3.25. The smallest absolute Gasteiger partial charge is 0.307 e. The first kappa shape index (κ1) is 18.4. The number of benzene rings is 2. The molecule has 2 aromatic carbocycles. The van der Waals surface area contributed by atoms with Crippen LogP contribution in [0.15, 0.2) is 54.7 Å². The number of hydrogen-bond acceptors (Lipinski definition) is 4. The van der Waals surface area contributed by atoms with E-state index in [1.54, 1.807) is 4.68 Å². The lowest BCUT2D eigenvalue weighted by Crippen LogP contribution is -1.97. The minimum atomic E-state index is -0.901. The summed E-state index contributed by atoms with van der Waals surface area (Å²) in [4.78, 5) is 16.1. The Kier molecular flexibility index (Phi) is 4.98. The molecule has 0 bridgehead atoms. The number of aromatic nitrogens is 3. The molecule has 1 N–H and O–H groups in total. The third kappa shape index (κ3) is 3.83. The quantitative estimate of drug-likeness (QED) is 0.481. The lowest BCUT2D eigenvalue weighted by molar-refractivity contribution is -0.135. The molecule has 0 aliphatic rings. The van der Waals surface area contributed by atoms with Gasteiger partial charge in [-0.05, 0) is 35.9 Å². The predicted octanol–water partition coefficient (Wildman–Crippen LogP) is 5.37. The maximum Gasteiger partial charge on any atom is 0.307 e. The normalized spacial score (nSPS) is 11.9. The summed E-state index contributed by atoms with van der Waals surface area (Å²) in [6.07, 6.45) is 3.62. The van der Waals surface area contributed by atoms with Gasteiger partial charge in [-0.3, -0.25) is 9.48 Å². The fraction of sp³-hybridized carbons (Fsp3) is 0.0952. The molecule has 4 rings (SSSR count). The van der Waals surface area contributed by atoms with E-state index in [4.69, 9.17) is 11.6 Å². The molecular weight excluding hydrogens is 394 g/mol. The minimum absolute atomic E-state index is 0.116. The standard InChI is InChI=1S/C21H16ClN3O2S/c1-25-12-15(20(24-25)13-6-8-16(22)9-7-13)10-14(11-19(26)27)21-23-17-4-2-3-5-18(17)28-21/h2-10,12H,11H2,1H3,(H,26,27)/b14-10+. The molecule has 0 aliphatic carbocycles. The van der Waals surface area contributed by atoms with Gasteiger partial charge < -0.3 is 5.11 Å². The number of fused-ring (bicyclic) bond motifs is 1. The number of carboxylic acid groups (broad SMARTS) is 1. The zero-order valence-electron chi connectivity index (χ0n) is 15.0. The summed E-state index contributed by atoms with van der Waals surface area (Å²) in [5.74, 6) is -0.901. The maximum atomic E-state index is 11.5. The van der Waals surface area contributed by atoms with Crippen molar-refractivity contribution in [2.75, 3.05) is 0 Å². The Morgan fingerprint density at radius 3 is 2.68 bits per heavy atom. The molecule has 2 heterocycles. The second-order valence-electron chi connectivity index (χ2n) is 6.34. The summed E-state index contributed by atoms with van der Waals surface area (Å²) in [7, 11) is 1.84. The lowest BCUT2D eigenvalue weighted by Gasteiger charge is -2.03. The first-order chi connectivity index (χ1) is 13.5. The van der Waals surface area contributed by atoms with Gasteiger partial charge in [0.15, 0.2) is 0 Å². The number of hydrogen-bond donors (Lipinski definition) is 1. The average molecular weight is 410 g/mol. The van der Waals surface area contributed by atoms with Crippen LogP contribution in [0.25, 0.3) is 33.1 Å². The van der Waals surface area contributed by atoms with Crippen LogP contribution in [0.2, 0.25) is 5.02 Å². The molecule has 28 heavy (non-hydrogen) atoms. The Morgan fingerprint density at radius 1 is 1.21 bits per heavy atom. The number of rotatable bonds is 5. The lowest BCUT2D eigenvalue weighted by atomic mass is 10.0. The molecule has 0 radical (unpaired) electrons. The Balaban J connectivity index is 1.83. The second-order valence-corrected chi connectivity index (χ2v) is 7.81. The van der Waals surface area contributed by atoms with Crippen LogP contribution in [0.3, 0.4) is 0 Å². The number of carbonyl (C=O) groups is 1. The SMILES string of the molecule is Cn1cc(/C=C(\CC(=O)O)c2nc3ccccc3s2)c(-c2ccc(Cl)cc2)n1. The van der Waals surface area contributed by atoms with Crippen molar-refractivity contribution in [3.05, 3.63) is 70.3 Å². The number of halogens is 1. The second kappa shape index (κ2) is 7.58. The Labute approximate surface area is 170 Å². The molecule has 0 aliphatic heterocycles. The van der Waals surface area contributed by atoms with E-state index >= 15 is 0 Å². The van der Waals surface area contributed by atoms with Gasteiger partial charge in [-0.1, -0.05) is 35.9 Å². The van der Waals surface area contributed by atoms with Crippen LogP contribution in [0.4, 0.5) is 0 Å². The molecule has 0 amide bonds. The van der Waals surface area contributed by atoms with E-state index in [1.807, 2.05) is 67.9 Å². The summed E-state index contributed by atoms with van der Waals surface area (Å²) in [6.45, 7) is 0. The maximum absolute atomic E-state index is 11.5. The molecule has 0 unspecified atom stereocenters. The van der Waals surface area contributed by atoms with Crippen LogP contribution in [0.1, 0.15) is 17.0 Å². The van der Waals surface area contributed by atoms with E-state index in [2.05, 4.69) is 10.1 Å². The van der Waals surface area contributed by atoms with Gasteiger partial charge in [0.2, 0.25) is 0 Å². The van der Waals surface area contributed by atoms with E-state index in [0.717, 1.165) is 27.0 Å². The van der Waals surface area contributed by atoms with E-state index in [1.165, 1.54) is 11.3 Å². The van der Waals surface area contributed by atoms with Gasteiger partial charge >= 0.3 is 5.97 Å². The van der Waals surface area contributed by atoms with E-state index < -0.39 is 5.97 Å². The summed E-state index contributed by atoms with van der Waals surface area (Å²) >= 11 is 7.48. The molecule has 0 saturated carbocycles. The molecule has 2 aromatic heterocycles. The number of thiazole rings is 1. The monoisotopic (exact) mass is 409 g/mol. The van der Waals surface area contributed by atoms with E-state index in [-0.39, 0.29) is 6.42 Å². The highest BCUT2D eigenvalue weighted by molar-refractivity contribution is 7.19. The van der Waals surface area contributed by atoms with Gasteiger partial charge in [0, 0.05) is 29.4 Å². The van der Waals surface area contributed by atoms with Crippen LogP contribution >= 0.6 is 22.9 Å². The van der Waals surface area contributed by atoms with E-state index in [0.29, 0.717) is 15.6 Å². The third-order valence-electron chi connectivity index (χ3n) is 4.21. The Hall–Kier alpha value is -2.96. The van der Waals surface area contributed by atoms with Crippen molar-refractivity contribution in [1.82, 2.24) is 14.8 Å². The number of aliphatic carboxylic acids is 1. The van der Waals surface area contributed by atoms with Crippen LogP contribution in [-0.2, 0) is 11.8 Å².